The molecule has 15 heavy (non-hydrogen) atoms. The van der Waals surface area contributed by atoms with Crippen LogP contribution in [0.2, 0.25) is 0 Å². The number of phenolic OH excluding ortho intramolecular Hbond substituents is 1. The van der Waals surface area contributed by atoms with E-state index in [9.17, 15) is 5.11 Å². The van der Waals surface area contributed by atoms with Crippen LogP contribution in [0.25, 0.3) is 0 Å². The van der Waals surface area contributed by atoms with Gasteiger partial charge in [-0.3, -0.25) is 0 Å². The minimum Gasteiger partial charge on any atom is -0.507 e. The first kappa shape index (κ1) is 11.8. The second-order valence-corrected chi connectivity index (χ2v) is 4.25. The van der Waals surface area contributed by atoms with Gasteiger partial charge in [-0.1, -0.05) is 51.1 Å². The lowest BCUT2D eigenvalue weighted by Crippen LogP contribution is -1.95. The third-order valence-electron chi connectivity index (χ3n) is 2.69. The minimum atomic E-state index is 0.272. The van der Waals surface area contributed by atoms with Crippen molar-refractivity contribution in [3.05, 3.63) is 41.5 Å². The van der Waals surface area contributed by atoms with Gasteiger partial charge in [0.2, 0.25) is 0 Å². The lowest BCUT2D eigenvalue weighted by atomic mass is 9.93. The van der Waals surface area contributed by atoms with Gasteiger partial charge in [-0.2, -0.15) is 0 Å². The SMILES string of the molecule is CC=CC(C)c1cccc(C(C)C)c1O. The number of rotatable bonds is 3. The largest absolute Gasteiger partial charge is 0.507 e. The second kappa shape index (κ2) is 5.01. The number of para-hydroxylation sites is 1. The van der Waals surface area contributed by atoms with Crippen molar-refractivity contribution in [1.29, 1.82) is 0 Å². The Balaban J connectivity index is 3.14. The summed E-state index contributed by atoms with van der Waals surface area (Å²) in [6.45, 7) is 8.29. The summed E-state index contributed by atoms with van der Waals surface area (Å²) < 4.78 is 0. The Morgan fingerprint density at radius 3 is 2.27 bits per heavy atom. The molecule has 0 amide bonds. The van der Waals surface area contributed by atoms with Crippen molar-refractivity contribution in [2.45, 2.75) is 39.5 Å². The molecule has 0 heterocycles. The summed E-state index contributed by atoms with van der Waals surface area (Å²) in [5, 5.41) is 10.1. The summed E-state index contributed by atoms with van der Waals surface area (Å²) in [6, 6.07) is 6.00. The Morgan fingerprint density at radius 2 is 1.73 bits per heavy atom. The molecule has 0 aromatic heterocycles. The van der Waals surface area contributed by atoms with Gasteiger partial charge in [0.05, 0.1) is 0 Å². The van der Waals surface area contributed by atoms with Crippen LogP contribution in [0.15, 0.2) is 30.4 Å². The van der Waals surface area contributed by atoms with Crippen LogP contribution in [-0.2, 0) is 0 Å². The van der Waals surface area contributed by atoms with Gasteiger partial charge in [0.25, 0.3) is 0 Å². The fourth-order valence-electron chi connectivity index (χ4n) is 1.81. The number of aromatic hydroxyl groups is 1. The summed E-state index contributed by atoms with van der Waals surface area (Å²) in [5.41, 5.74) is 2.04. The molecule has 0 saturated heterocycles. The lowest BCUT2D eigenvalue weighted by molar-refractivity contribution is 0.456. The van der Waals surface area contributed by atoms with Crippen LogP contribution in [0, 0.1) is 0 Å². The fourth-order valence-corrected chi connectivity index (χ4v) is 1.81. The van der Waals surface area contributed by atoms with Crippen LogP contribution in [0.4, 0.5) is 0 Å². The van der Waals surface area contributed by atoms with Gasteiger partial charge in [-0.05, 0) is 18.4 Å². The van der Waals surface area contributed by atoms with Crippen LogP contribution in [0.5, 0.6) is 5.75 Å². The summed E-state index contributed by atoms with van der Waals surface area (Å²) in [5.74, 6) is 1.09. The molecule has 82 valence electrons. The Labute approximate surface area is 92.5 Å². The van der Waals surface area contributed by atoms with Gasteiger partial charge in [0.1, 0.15) is 5.75 Å². The Morgan fingerprint density at radius 1 is 1.13 bits per heavy atom. The van der Waals surface area contributed by atoms with Crippen molar-refractivity contribution >= 4 is 0 Å². The third-order valence-corrected chi connectivity index (χ3v) is 2.69. The highest BCUT2D eigenvalue weighted by atomic mass is 16.3. The average Bonchev–Trinajstić information content (AvgIpc) is 2.17. The van der Waals surface area contributed by atoms with Crippen LogP contribution in [-0.4, -0.2) is 5.11 Å². The van der Waals surface area contributed by atoms with E-state index in [2.05, 4.69) is 26.8 Å². The number of hydrogen-bond donors (Lipinski definition) is 1. The highest BCUT2D eigenvalue weighted by Crippen LogP contribution is 2.33. The maximum Gasteiger partial charge on any atom is 0.122 e. The van der Waals surface area contributed by atoms with E-state index < -0.39 is 0 Å². The van der Waals surface area contributed by atoms with Crippen LogP contribution in [0.3, 0.4) is 0 Å². The second-order valence-electron chi connectivity index (χ2n) is 4.25. The van der Waals surface area contributed by atoms with Crippen molar-refractivity contribution in [3.8, 4) is 5.75 Å². The van der Waals surface area contributed by atoms with Gasteiger partial charge < -0.3 is 5.11 Å². The van der Waals surface area contributed by atoms with E-state index in [4.69, 9.17) is 0 Å². The maximum absolute atomic E-state index is 10.1. The molecular weight excluding hydrogens is 184 g/mol. The normalized spacial score (nSPS) is 13.7. The van der Waals surface area contributed by atoms with Crippen LogP contribution >= 0.6 is 0 Å². The first-order valence-corrected chi connectivity index (χ1v) is 5.52. The van der Waals surface area contributed by atoms with Gasteiger partial charge in [0, 0.05) is 11.5 Å². The average molecular weight is 204 g/mol. The highest BCUT2D eigenvalue weighted by molar-refractivity contribution is 5.44. The smallest absolute Gasteiger partial charge is 0.122 e. The minimum absolute atomic E-state index is 0.272. The molecule has 1 unspecified atom stereocenters. The van der Waals surface area contributed by atoms with E-state index in [0.29, 0.717) is 11.7 Å². The predicted molar refractivity (Wildman–Crippen MR) is 65.4 cm³/mol. The molecule has 1 heteroatoms. The summed E-state index contributed by atoms with van der Waals surface area (Å²) in [7, 11) is 0. The Bertz CT molecular complexity index is 350. The molecule has 0 radical (unpaired) electrons. The molecule has 1 N–H and O–H groups in total. The molecule has 1 atom stereocenters. The predicted octanol–water partition coefficient (Wildman–Crippen LogP) is 4.20. The van der Waals surface area contributed by atoms with Crippen LogP contribution < -0.4 is 0 Å². The van der Waals surface area contributed by atoms with Crippen molar-refractivity contribution in [3.63, 3.8) is 0 Å². The van der Waals surface area contributed by atoms with Gasteiger partial charge in [-0.25, -0.2) is 0 Å². The summed E-state index contributed by atoms with van der Waals surface area (Å²) >= 11 is 0. The number of phenols is 1. The summed E-state index contributed by atoms with van der Waals surface area (Å²) in [4.78, 5) is 0. The molecule has 0 saturated carbocycles. The van der Waals surface area contributed by atoms with E-state index in [-0.39, 0.29) is 5.92 Å². The number of allylic oxidation sites excluding steroid dienone is 2. The zero-order valence-corrected chi connectivity index (χ0v) is 9.99. The molecule has 1 aromatic carbocycles. The number of hydrogen-bond acceptors (Lipinski definition) is 1. The Hall–Kier alpha value is -1.24. The van der Waals surface area contributed by atoms with E-state index in [1.54, 1.807) is 0 Å². The van der Waals surface area contributed by atoms with Crippen molar-refractivity contribution < 1.29 is 5.11 Å². The summed E-state index contributed by atoms with van der Waals surface area (Å²) in [6.07, 6.45) is 4.12. The molecule has 0 bridgehead atoms. The zero-order valence-electron chi connectivity index (χ0n) is 9.99. The molecule has 1 nitrogen and oxygen atoms in total. The van der Waals surface area contributed by atoms with Gasteiger partial charge >= 0.3 is 0 Å². The van der Waals surface area contributed by atoms with Gasteiger partial charge in [0.15, 0.2) is 0 Å². The van der Waals surface area contributed by atoms with Gasteiger partial charge in [-0.15, -0.1) is 0 Å². The first-order valence-electron chi connectivity index (χ1n) is 5.52. The van der Waals surface area contributed by atoms with Crippen molar-refractivity contribution in [2.24, 2.45) is 0 Å². The molecule has 0 aliphatic rings. The monoisotopic (exact) mass is 204 g/mol. The zero-order chi connectivity index (χ0) is 11.4. The highest BCUT2D eigenvalue weighted by Gasteiger charge is 2.12. The molecule has 0 fully saturated rings. The van der Waals surface area contributed by atoms with E-state index in [1.165, 1.54) is 0 Å². The lowest BCUT2D eigenvalue weighted by Gasteiger charge is -2.15. The van der Waals surface area contributed by atoms with E-state index in [0.717, 1.165) is 11.1 Å². The van der Waals surface area contributed by atoms with Crippen LogP contribution in [0.1, 0.15) is 50.7 Å². The molecular formula is C14H20O. The van der Waals surface area contributed by atoms with E-state index >= 15 is 0 Å². The molecule has 0 aliphatic heterocycles. The molecule has 0 aliphatic carbocycles. The maximum atomic E-state index is 10.1. The van der Waals surface area contributed by atoms with Crippen molar-refractivity contribution in [2.75, 3.05) is 0 Å². The standard InChI is InChI=1S/C14H20O/c1-5-7-11(4)13-9-6-8-12(10(2)3)14(13)15/h5-11,15H,1-4H3. The number of benzene rings is 1. The first-order chi connectivity index (χ1) is 7.07. The topological polar surface area (TPSA) is 20.2 Å². The molecule has 1 rings (SSSR count). The third kappa shape index (κ3) is 2.62. The van der Waals surface area contributed by atoms with E-state index in [1.807, 2.05) is 31.2 Å². The van der Waals surface area contributed by atoms with Crippen molar-refractivity contribution in [1.82, 2.24) is 0 Å². The molecule has 0 spiro atoms. The fraction of sp³-hybridized carbons (Fsp3) is 0.429. The quantitative estimate of drug-likeness (QED) is 0.732. The Kier molecular flexibility index (Phi) is 3.96. The molecule has 1 aromatic rings.